The number of nitrogens with zero attached hydrogens (tertiary/aromatic N) is 2. The third kappa shape index (κ3) is 1.27. The molecule has 0 aliphatic rings. The standard InChI is InChI=1S/C10H11BrN2/c1-7-4-3-5-8-9(6-11)13(2)12-10(7)8/h3-5H,6H2,1-2H3. The van der Waals surface area contributed by atoms with Crippen LogP contribution in [0.25, 0.3) is 10.9 Å². The number of aromatic nitrogens is 2. The van der Waals surface area contributed by atoms with Gasteiger partial charge in [-0.3, -0.25) is 4.68 Å². The Morgan fingerprint density at radius 2 is 2.23 bits per heavy atom. The van der Waals surface area contributed by atoms with E-state index < -0.39 is 0 Å². The quantitative estimate of drug-likeness (QED) is 0.699. The molecule has 0 aliphatic heterocycles. The summed E-state index contributed by atoms with van der Waals surface area (Å²) in [5.41, 5.74) is 3.58. The van der Waals surface area contributed by atoms with Crippen molar-refractivity contribution in [3.05, 3.63) is 29.5 Å². The predicted octanol–water partition coefficient (Wildman–Crippen LogP) is 2.78. The highest BCUT2D eigenvalue weighted by Gasteiger charge is 2.07. The smallest absolute Gasteiger partial charge is 0.0955 e. The molecule has 0 spiro atoms. The van der Waals surface area contributed by atoms with Crippen LogP contribution in [0.4, 0.5) is 0 Å². The lowest BCUT2D eigenvalue weighted by Gasteiger charge is -1.95. The van der Waals surface area contributed by atoms with Crippen molar-refractivity contribution in [2.45, 2.75) is 12.3 Å². The summed E-state index contributed by atoms with van der Waals surface area (Å²) in [4.78, 5) is 0. The fourth-order valence-corrected chi connectivity index (χ4v) is 2.23. The van der Waals surface area contributed by atoms with Gasteiger partial charge in [-0.25, -0.2) is 0 Å². The average molecular weight is 239 g/mol. The van der Waals surface area contributed by atoms with Crippen molar-refractivity contribution >= 4 is 26.8 Å². The molecule has 0 amide bonds. The summed E-state index contributed by atoms with van der Waals surface area (Å²) >= 11 is 3.47. The zero-order chi connectivity index (χ0) is 9.42. The Bertz CT molecular complexity index is 445. The lowest BCUT2D eigenvalue weighted by Crippen LogP contribution is -1.94. The Balaban J connectivity index is 2.86. The van der Waals surface area contributed by atoms with Crippen molar-refractivity contribution in [2.24, 2.45) is 7.05 Å². The van der Waals surface area contributed by atoms with E-state index in [2.05, 4.69) is 46.2 Å². The number of hydrogen-bond acceptors (Lipinski definition) is 1. The number of rotatable bonds is 1. The van der Waals surface area contributed by atoms with Crippen molar-refractivity contribution in [2.75, 3.05) is 0 Å². The molecule has 3 heteroatoms. The predicted molar refractivity (Wildman–Crippen MR) is 58.1 cm³/mol. The number of benzene rings is 1. The van der Waals surface area contributed by atoms with Gasteiger partial charge >= 0.3 is 0 Å². The first kappa shape index (κ1) is 8.75. The Labute approximate surface area is 85.7 Å². The van der Waals surface area contributed by atoms with Gasteiger partial charge in [0.05, 0.1) is 11.2 Å². The fourth-order valence-electron chi connectivity index (χ4n) is 1.57. The lowest BCUT2D eigenvalue weighted by molar-refractivity contribution is 0.747. The summed E-state index contributed by atoms with van der Waals surface area (Å²) in [7, 11) is 1.98. The van der Waals surface area contributed by atoms with Crippen LogP contribution < -0.4 is 0 Å². The molecule has 0 radical (unpaired) electrons. The largest absolute Gasteiger partial charge is 0.271 e. The third-order valence-corrected chi connectivity index (χ3v) is 2.85. The minimum Gasteiger partial charge on any atom is -0.271 e. The van der Waals surface area contributed by atoms with Crippen LogP contribution in [0.1, 0.15) is 11.3 Å². The molecule has 13 heavy (non-hydrogen) atoms. The van der Waals surface area contributed by atoms with E-state index in [1.165, 1.54) is 16.6 Å². The SMILES string of the molecule is Cc1cccc2c(CBr)n(C)nc12. The zero-order valence-corrected chi connectivity index (χ0v) is 9.30. The van der Waals surface area contributed by atoms with Gasteiger partial charge in [0.1, 0.15) is 0 Å². The number of alkyl halides is 1. The first-order valence-corrected chi connectivity index (χ1v) is 5.33. The Morgan fingerprint density at radius 1 is 1.46 bits per heavy atom. The van der Waals surface area contributed by atoms with E-state index in [9.17, 15) is 0 Å². The van der Waals surface area contributed by atoms with E-state index in [-0.39, 0.29) is 0 Å². The lowest BCUT2D eigenvalue weighted by atomic mass is 10.1. The maximum atomic E-state index is 4.47. The van der Waals surface area contributed by atoms with E-state index in [1.807, 2.05) is 11.7 Å². The second-order valence-corrected chi connectivity index (χ2v) is 3.74. The van der Waals surface area contributed by atoms with Gasteiger partial charge in [-0.05, 0) is 12.5 Å². The van der Waals surface area contributed by atoms with Crippen LogP contribution in [0.3, 0.4) is 0 Å². The molecule has 1 heterocycles. The van der Waals surface area contributed by atoms with E-state index in [1.54, 1.807) is 0 Å². The second-order valence-electron chi connectivity index (χ2n) is 3.18. The molecular formula is C10H11BrN2. The summed E-state index contributed by atoms with van der Waals surface area (Å²) in [5.74, 6) is 0. The van der Waals surface area contributed by atoms with Gasteiger partial charge in [-0.2, -0.15) is 5.10 Å². The summed E-state index contributed by atoms with van der Waals surface area (Å²) in [5, 5.41) is 6.57. The molecule has 2 rings (SSSR count). The molecular weight excluding hydrogens is 228 g/mol. The molecule has 1 aromatic heterocycles. The minimum absolute atomic E-state index is 0.851. The van der Waals surface area contributed by atoms with Gasteiger partial charge in [-0.15, -0.1) is 0 Å². The first-order valence-electron chi connectivity index (χ1n) is 4.21. The molecule has 0 aliphatic carbocycles. The van der Waals surface area contributed by atoms with Crippen molar-refractivity contribution in [3.63, 3.8) is 0 Å². The maximum Gasteiger partial charge on any atom is 0.0955 e. The van der Waals surface area contributed by atoms with Crippen LogP contribution in [0, 0.1) is 6.92 Å². The van der Waals surface area contributed by atoms with Crippen LogP contribution in [0.2, 0.25) is 0 Å². The van der Waals surface area contributed by atoms with E-state index in [0.717, 1.165) is 10.8 Å². The van der Waals surface area contributed by atoms with Crippen molar-refractivity contribution < 1.29 is 0 Å². The molecule has 0 fully saturated rings. The van der Waals surface area contributed by atoms with Crippen molar-refractivity contribution in [1.82, 2.24) is 9.78 Å². The normalized spacial score (nSPS) is 11.0. The van der Waals surface area contributed by atoms with Gasteiger partial charge in [0.25, 0.3) is 0 Å². The molecule has 2 nitrogen and oxygen atoms in total. The van der Waals surface area contributed by atoms with E-state index >= 15 is 0 Å². The second kappa shape index (κ2) is 3.14. The zero-order valence-electron chi connectivity index (χ0n) is 7.71. The van der Waals surface area contributed by atoms with Gasteiger partial charge in [0.15, 0.2) is 0 Å². The molecule has 0 bridgehead atoms. The van der Waals surface area contributed by atoms with Crippen molar-refractivity contribution in [1.29, 1.82) is 0 Å². The molecule has 0 atom stereocenters. The topological polar surface area (TPSA) is 17.8 Å². The maximum absolute atomic E-state index is 4.47. The molecule has 2 aromatic rings. The fraction of sp³-hybridized carbons (Fsp3) is 0.300. The molecule has 0 saturated carbocycles. The number of hydrogen-bond donors (Lipinski definition) is 0. The molecule has 68 valence electrons. The van der Waals surface area contributed by atoms with Crippen LogP contribution >= 0.6 is 15.9 Å². The third-order valence-electron chi connectivity index (χ3n) is 2.32. The number of halogens is 1. The van der Waals surface area contributed by atoms with Gasteiger partial charge in [0, 0.05) is 17.8 Å². The molecule has 0 N–H and O–H groups in total. The summed E-state index contributed by atoms with van der Waals surface area (Å²) in [6.45, 7) is 2.09. The number of fused-ring (bicyclic) bond motifs is 1. The summed E-state index contributed by atoms with van der Waals surface area (Å²) in [6, 6.07) is 6.28. The van der Waals surface area contributed by atoms with Crippen molar-refractivity contribution in [3.8, 4) is 0 Å². The minimum atomic E-state index is 0.851. The highest BCUT2D eigenvalue weighted by molar-refractivity contribution is 9.08. The molecule has 0 unspecified atom stereocenters. The summed E-state index contributed by atoms with van der Waals surface area (Å²) in [6.07, 6.45) is 0. The molecule has 1 aromatic carbocycles. The Kier molecular flexibility index (Phi) is 2.12. The van der Waals surface area contributed by atoms with Crippen LogP contribution in [-0.4, -0.2) is 9.78 Å². The Hall–Kier alpha value is -0.830. The van der Waals surface area contributed by atoms with E-state index in [0.29, 0.717) is 0 Å². The average Bonchev–Trinajstić information content (AvgIpc) is 2.43. The monoisotopic (exact) mass is 238 g/mol. The number of aryl methyl sites for hydroxylation is 2. The van der Waals surface area contributed by atoms with Gasteiger partial charge < -0.3 is 0 Å². The highest BCUT2D eigenvalue weighted by Crippen LogP contribution is 2.22. The van der Waals surface area contributed by atoms with Gasteiger partial charge in [0.2, 0.25) is 0 Å². The van der Waals surface area contributed by atoms with Crippen LogP contribution in [-0.2, 0) is 12.4 Å². The summed E-state index contributed by atoms with van der Waals surface area (Å²) < 4.78 is 1.94. The van der Waals surface area contributed by atoms with Crippen LogP contribution in [0.5, 0.6) is 0 Å². The Morgan fingerprint density at radius 3 is 2.92 bits per heavy atom. The van der Waals surface area contributed by atoms with Gasteiger partial charge in [-0.1, -0.05) is 34.1 Å². The van der Waals surface area contributed by atoms with E-state index in [4.69, 9.17) is 0 Å². The van der Waals surface area contributed by atoms with Crippen LogP contribution in [0.15, 0.2) is 18.2 Å². The first-order chi connectivity index (χ1) is 6.24. The molecule has 0 saturated heterocycles. The highest BCUT2D eigenvalue weighted by atomic mass is 79.9.